The monoisotopic (exact) mass is 291 g/mol. The Balaban J connectivity index is 2.09. The van der Waals surface area contributed by atoms with Gasteiger partial charge in [-0.25, -0.2) is 4.79 Å². The molecule has 2 aromatic rings. The number of carbonyl (C=O) groups is 2. The van der Waals surface area contributed by atoms with Crippen LogP contribution in [0.25, 0.3) is 0 Å². The van der Waals surface area contributed by atoms with Gasteiger partial charge < -0.3 is 10.0 Å². The molecule has 0 saturated heterocycles. The van der Waals surface area contributed by atoms with Crippen LogP contribution in [0.4, 0.5) is 0 Å². The molecule has 1 amide bonds. The molecular formula is C13H17N5O3. The molecular weight excluding hydrogens is 274 g/mol. The molecule has 1 unspecified atom stereocenters. The van der Waals surface area contributed by atoms with Gasteiger partial charge >= 0.3 is 5.97 Å². The summed E-state index contributed by atoms with van der Waals surface area (Å²) in [7, 11) is 3.46. The maximum atomic E-state index is 12.3. The predicted molar refractivity (Wildman–Crippen MR) is 73.6 cm³/mol. The number of carboxylic acids is 1. The summed E-state index contributed by atoms with van der Waals surface area (Å²) in [6.45, 7) is 1.90. The lowest BCUT2D eigenvalue weighted by Gasteiger charge is -2.15. The average Bonchev–Trinajstić information content (AvgIpc) is 3.07. The number of carboxylic acid groups (broad SMARTS) is 1. The third-order valence-corrected chi connectivity index (χ3v) is 3.25. The van der Waals surface area contributed by atoms with Crippen LogP contribution in [-0.2, 0) is 18.4 Å². The van der Waals surface area contributed by atoms with E-state index in [0.717, 1.165) is 5.69 Å². The van der Waals surface area contributed by atoms with Crippen molar-refractivity contribution in [1.29, 1.82) is 0 Å². The summed E-state index contributed by atoms with van der Waals surface area (Å²) < 4.78 is 2.95. The predicted octanol–water partition coefficient (Wildman–Crippen LogP) is 0.534. The van der Waals surface area contributed by atoms with Gasteiger partial charge in [0.1, 0.15) is 11.7 Å². The second-order valence-corrected chi connectivity index (χ2v) is 4.80. The van der Waals surface area contributed by atoms with Crippen molar-refractivity contribution in [2.24, 2.45) is 7.05 Å². The number of aliphatic carboxylic acids is 1. The van der Waals surface area contributed by atoms with Crippen LogP contribution in [0.15, 0.2) is 24.5 Å². The normalized spacial score (nSPS) is 12.1. The summed E-state index contributed by atoms with van der Waals surface area (Å²) >= 11 is 0. The molecule has 0 fully saturated rings. The van der Waals surface area contributed by atoms with E-state index in [9.17, 15) is 9.59 Å². The molecule has 1 N–H and O–H groups in total. The number of hydrogen-bond donors (Lipinski definition) is 1. The van der Waals surface area contributed by atoms with Crippen LogP contribution in [0.2, 0.25) is 0 Å². The van der Waals surface area contributed by atoms with Crippen LogP contribution in [-0.4, -0.2) is 48.5 Å². The molecule has 0 aliphatic rings. The minimum Gasteiger partial charge on any atom is -0.480 e. The fourth-order valence-electron chi connectivity index (χ4n) is 1.85. The van der Waals surface area contributed by atoms with Gasteiger partial charge in [0.25, 0.3) is 5.91 Å². The van der Waals surface area contributed by atoms with Crippen molar-refractivity contribution in [3.05, 3.63) is 35.9 Å². The van der Waals surface area contributed by atoms with Crippen LogP contribution in [0.3, 0.4) is 0 Å². The maximum Gasteiger partial charge on any atom is 0.328 e. The van der Waals surface area contributed by atoms with Gasteiger partial charge in [-0.1, -0.05) is 0 Å². The zero-order chi connectivity index (χ0) is 15.6. The van der Waals surface area contributed by atoms with Crippen LogP contribution in [0, 0.1) is 0 Å². The Morgan fingerprint density at radius 3 is 2.71 bits per heavy atom. The summed E-state index contributed by atoms with van der Waals surface area (Å²) in [4.78, 5) is 24.7. The van der Waals surface area contributed by atoms with E-state index in [4.69, 9.17) is 5.11 Å². The lowest BCUT2D eigenvalue weighted by atomic mass is 10.3. The van der Waals surface area contributed by atoms with Crippen LogP contribution in [0.1, 0.15) is 29.1 Å². The fourth-order valence-corrected chi connectivity index (χ4v) is 1.85. The Morgan fingerprint density at radius 1 is 1.43 bits per heavy atom. The molecule has 21 heavy (non-hydrogen) atoms. The molecule has 0 aliphatic heterocycles. The average molecular weight is 291 g/mol. The molecule has 2 heterocycles. The van der Waals surface area contributed by atoms with E-state index in [2.05, 4.69) is 10.2 Å². The number of amides is 1. The molecule has 0 spiro atoms. The summed E-state index contributed by atoms with van der Waals surface area (Å²) in [5.41, 5.74) is 1.11. The van der Waals surface area contributed by atoms with E-state index < -0.39 is 12.0 Å². The highest BCUT2D eigenvalue weighted by molar-refractivity contribution is 5.92. The quantitative estimate of drug-likeness (QED) is 0.867. The Labute approximate surface area is 121 Å². The number of aryl methyl sites for hydroxylation is 1. The van der Waals surface area contributed by atoms with E-state index in [1.165, 1.54) is 28.8 Å². The van der Waals surface area contributed by atoms with Gasteiger partial charge in [0.05, 0.1) is 12.2 Å². The van der Waals surface area contributed by atoms with Gasteiger partial charge in [0, 0.05) is 26.5 Å². The zero-order valence-electron chi connectivity index (χ0n) is 12.1. The van der Waals surface area contributed by atoms with Gasteiger partial charge in [0.2, 0.25) is 0 Å². The lowest BCUT2D eigenvalue weighted by molar-refractivity contribution is -0.140. The molecule has 0 saturated carbocycles. The van der Waals surface area contributed by atoms with E-state index in [1.807, 2.05) is 6.07 Å². The smallest absolute Gasteiger partial charge is 0.328 e. The van der Waals surface area contributed by atoms with Crippen molar-refractivity contribution < 1.29 is 14.7 Å². The van der Waals surface area contributed by atoms with Gasteiger partial charge in [-0.2, -0.15) is 10.2 Å². The number of carbonyl (C=O) groups excluding carboxylic acids is 1. The maximum absolute atomic E-state index is 12.3. The number of hydrogen-bond acceptors (Lipinski definition) is 4. The van der Waals surface area contributed by atoms with Crippen molar-refractivity contribution in [3.63, 3.8) is 0 Å². The second-order valence-electron chi connectivity index (χ2n) is 4.80. The Kier molecular flexibility index (Phi) is 4.06. The van der Waals surface area contributed by atoms with E-state index in [0.29, 0.717) is 6.54 Å². The molecule has 112 valence electrons. The molecule has 2 rings (SSSR count). The van der Waals surface area contributed by atoms with Gasteiger partial charge in [0.15, 0.2) is 0 Å². The first-order valence-corrected chi connectivity index (χ1v) is 6.40. The van der Waals surface area contributed by atoms with E-state index >= 15 is 0 Å². The minimum absolute atomic E-state index is 0.216. The zero-order valence-corrected chi connectivity index (χ0v) is 12.1. The summed E-state index contributed by atoms with van der Waals surface area (Å²) in [6, 6.07) is 2.53. The van der Waals surface area contributed by atoms with E-state index in [1.54, 1.807) is 25.0 Å². The van der Waals surface area contributed by atoms with E-state index in [-0.39, 0.29) is 11.6 Å². The topological polar surface area (TPSA) is 93.3 Å². The molecule has 0 bridgehead atoms. The molecule has 0 aliphatic carbocycles. The molecule has 1 atom stereocenters. The SMILES string of the molecule is CC(C(=O)O)n1ccc(C(=O)N(C)Cc2ccnn2C)n1. The van der Waals surface area contributed by atoms with Gasteiger partial charge in [-0.05, 0) is 19.1 Å². The van der Waals surface area contributed by atoms with Crippen molar-refractivity contribution >= 4 is 11.9 Å². The highest BCUT2D eigenvalue weighted by atomic mass is 16.4. The van der Waals surface area contributed by atoms with Crippen molar-refractivity contribution in [2.75, 3.05) is 7.05 Å². The Hall–Kier alpha value is -2.64. The number of aromatic nitrogens is 4. The summed E-state index contributed by atoms with van der Waals surface area (Å²) in [5, 5.41) is 17.0. The first kappa shape index (κ1) is 14.8. The van der Waals surface area contributed by atoms with Crippen molar-refractivity contribution in [3.8, 4) is 0 Å². The van der Waals surface area contributed by atoms with Crippen LogP contribution >= 0.6 is 0 Å². The largest absolute Gasteiger partial charge is 0.480 e. The fraction of sp³-hybridized carbons (Fsp3) is 0.385. The summed E-state index contributed by atoms with van der Waals surface area (Å²) in [6.07, 6.45) is 3.15. The first-order chi connectivity index (χ1) is 9.90. The lowest BCUT2D eigenvalue weighted by Crippen LogP contribution is -2.28. The molecule has 0 radical (unpaired) electrons. The standard InChI is InChI=1S/C13H17N5O3/c1-9(13(20)21)18-7-5-11(15-18)12(19)16(2)8-10-4-6-14-17(10)3/h4-7,9H,8H2,1-3H3,(H,20,21). The first-order valence-electron chi connectivity index (χ1n) is 6.40. The second kappa shape index (κ2) is 5.78. The Morgan fingerprint density at radius 2 is 2.14 bits per heavy atom. The Bertz CT molecular complexity index is 660. The number of rotatable bonds is 5. The van der Waals surface area contributed by atoms with Crippen LogP contribution in [0.5, 0.6) is 0 Å². The van der Waals surface area contributed by atoms with Crippen molar-refractivity contribution in [1.82, 2.24) is 24.5 Å². The highest BCUT2D eigenvalue weighted by Gasteiger charge is 2.19. The number of nitrogens with zero attached hydrogens (tertiary/aromatic N) is 5. The summed E-state index contributed by atoms with van der Waals surface area (Å²) in [5.74, 6) is -1.27. The molecule has 2 aromatic heterocycles. The highest BCUT2D eigenvalue weighted by Crippen LogP contribution is 2.09. The molecule has 8 nitrogen and oxygen atoms in total. The van der Waals surface area contributed by atoms with Crippen LogP contribution < -0.4 is 0 Å². The molecule has 0 aromatic carbocycles. The van der Waals surface area contributed by atoms with Gasteiger partial charge in [-0.3, -0.25) is 14.2 Å². The van der Waals surface area contributed by atoms with Crippen molar-refractivity contribution in [2.45, 2.75) is 19.5 Å². The minimum atomic E-state index is -1.000. The van der Waals surface area contributed by atoms with Gasteiger partial charge in [-0.15, -0.1) is 0 Å². The third-order valence-electron chi connectivity index (χ3n) is 3.25. The third kappa shape index (κ3) is 3.10. The molecule has 8 heteroatoms.